The van der Waals surface area contributed by atoms with Gasteiger partial charge >= 0.3 is 0 Å². The van der Waals surface area contributed by atoms with Crippen molar-refractivity contribution in [3.8, 4) is 5.69 Å². The van der Waals surface area contributed by atoms with Gasteiger partial charge in [0.1, 0.15) is 6.33 Å². The van der Waals surface area contributed by atoms with E-state index in [0.29, 0.717) is 37.3 Å². The van der Waals surface area contributed by atoms with E-state index in [1.807, 2.05) is 67.3 Å². The number of carbonyl (C=O) groups is 1. The van der Waals surface area contributed by atoms with Crippen molar-refractivity contribution >= 4 is 22.9 Å². The van der Waals surface area contributed by atoms with Gasteiger partial charge in [0.2, 0.25) is 0 Å². The van der Waals surface area contributed by atoms with Gasteiger partial charge in [-0.2, -0.15) is 4.68 Å². The smallest absolute Gasteiger partial charge is 0.254 e. The Morgan fingerprint density at radius 1 is 0.903 bits per heavy atom. The zero-order valence-corrected chi connectivity index (χ0v) is 17.6. The number of hydrogen-bond donors (Lipinski definition) is 0. The Balaban J connectivity index is 1.37. The number of nitrogens with zero attached hydrogens (tertiary/aromatic N) is 7. The van der Waals surface area contributed by atoms with Gasteiger partial charge in [-0.1, -0.05) is 41.1 Å². The van der Waals surface area contributed by atoms with Gasteiger partial charge in [-0.3, -0.25) is 4.79 Å². The number of piperazine rings is 1. The molecule has 8 nitrogen and oxygen atoms in total. The lowest BCUT2D eigenvalue weighted by molar-refractivity contribution is 0.0746. The Kier molecular flexibility index (Phi) is 4.82. The van der Waals surface area contributed by atoms with Crippen LogP contribution in [0, 0.1) is 13.8 Å². The van der Waals surface area contributed by atoms with Gasteiger partial charge in [-0.15, -0.1) is 5.10 Å². The van der Waals surface area contributed by atoms with Crippen molar-refractivity contribution in [3.05, 3.63) is 71.5 Å². The summed E-state index contributed by atoms with van der Waals surface area (Å²) in [5.74, 6) is 0.835. The summed E-state index contributed by atoms with van der Waals surface area (Å²) in [4.78, 5) is 25.9. The van der Waals surface area contributed by atoms with Crippen molar-refractivity contribution in [3.63, 3.8) is 0 Å². The molecule has 8 heteroatoms. The van der Waals surface area contributed by atoms with Crippen molar-refractivity contribution in [1.82, 2.24) is 29.9 Å². The second-order valence-electron chi connectivity index (χ2n) is 7.80. The zero-order chi connectivity index (χ0) is 21.4. The van der Waals surface area contributed by atoms with Gasteiger partial charge in [-0.25, -0.2) is 9.97 Å². The number of carbonyl (C=O) groups excluding carboxylic acids is 1. The summed E-state index contributed by atoms with van der Waals surface area (Å²) in [6.45, 7) is 6.64. The van der Waals surface area contributed by atoms with Crippen LogP contribution in [0.1, 0.15) is 21.5 Å². The van der Waals surface area contributed by atoms with Crippen molar-refractivity contribution in [2.24, 2.45) is 0 Å². The van der Waals surface area contributed by atoms with Crippen LogP contribution in [0.15, 0.2) is 54.9 Å². The quantitative estimate of drug-likeness (QED) is 0.514. The molecule has 1 saturated heterocycles. The van der Waals surface area contributed by atoms with Gasteiger partial charge in [-0.05, 0) is 37.6 Å². The van der Waals surface area contributed by atoms with Crippen LogP contribution < -0.4 is 4.90 Å². The number of anilines is 1. The molecule has 1 fully saturated rings. The molecule has 0 spiro atoms. The second kappa shape index (κ2) is 7.79. The highest BCUT2D eigenvalue weighted by molar-refractivity contribution is 5.95. The van der Waals surface area contributed by atoms with Crippen molar-refractivity contribution in [2.75, 3.05) is 31.1 Å². The molecule has 0 aliphatic carbocycles. The Morgan fingerprint density at radius 3 is 2.39 bits per heavy atom. The van der Waals surface area contributed by atoms with E-state index in [1.165, 1.54) is 5.56 Å². The summed E-state index contributed by atoms with van der Waals surface area (Å²) in [6.07, 6.45) is 1.55. The fourth-order valence-electron chi connectivity index (χ4n) is 3.93. The van der Waals surface area contributed by atoms with Crippen molar-refractivity contribution in [2.45, 2.75) is 13.8 Å². The largest absolute Gasteiger partial charge is 0.351 e. The minimum atomic E-state index is 0.0795. The first-order valence-electron chi connectivity index (χ1n) is 10.3. The van der Waals surface area contributed by atoms with Gasteiger partial charge < -0.3 is 9.80 Å². The first-order valence-corrected chi connectivity index (χ1v) is 10.3. The number of rotatable bonds is 3. The predicted octanol–water partition coefficient (Wildman–Crippen LogP) is 2.79. The summed E-state index contributed by atoms with van der Waals surface area (Å²) in [6, 6.07) is 15.8. The average molecular weight is 413 g/mol. The summed E-state index contributed by atoms with van der Waals surface area (Å²) in [5.41, 5.74) is 5.20. The number of benzene rings is 2. The van der Waals surface area contributed by atoms with Crippen LogP contribution >= 0.6 is 0 Å². The molecule has 0 atom stereocenters. The van der Waals surface area contributed by atoms with E-state index in [-0.39, 0.29) is 5.91 Å². The molecule has 0 radical (unpaired) electrons. The standard InChI is InChI=1S/C23H23N7O/c1-16-7-9-18(10-8-16)30-22-20(26-27-30)21(24-15-25-22)28-11-13-29(14-12-28)23(31)19-6-4-3-5-17(19)2/h3-10,15H,11-14H2,1-2H3. The normalized spacial score (nSPS) is 14.3. The summed E-state index contributed by atoms with van der Waals surface area (Å²) >= 11 is 0. The van der Waals surface area contributed by atoms with E-state index in [9.17, 15) is 4.79 Å². The Labute approximate surface area is 180 Å². The summed E-state index contributed by atoms with van der Waals surface area (Å²) in [7, 11) is 0. The van der Waals surface area contributed by atoms with Crippen LogP contribution in [-0.4, -0.2) is 61.9 Å². The van der Waals surface area contributed by atoms with E-state index in [1.54, 1.807) is 11.0 Å². The molecule has 5 rings (SSSR count). The lowest BCUT2D eigenvalue weighted by Gasteiger charge is -2.35. The maximum atomic E-state index is 12.9. The Morgan fingerprint density at radius 2 is 1.65 bits per heavy atom. The molecular weight excluding hydrogens is 390 g/mol. The van der Waals surface area contributed by atoms with E-state index >= 15 is 0 Å². The van der Waals surface area contributed by atoms with Gasteiger partial charge in [0.05, 0.1) is 5.69 Å². The second-order valence-corrected chi connectivity index (χ2v) is 7.80. The lowest BCUT2D eigenvalue weighted by atomic mass is 10.1. The highest BCUT2D eigenvalue weighted by atomic mass is 16.2. The van der Waals surface area contributed by atoms with E-state index in [0.717, 1.165) is 22.6 Å². The van der Waals surface area contributed by atoms with Crippen molar-refractivity contribution < 1.29 is 4.79 Å². The fourth-order valence-corrected chi connectivity index (χ4v) is 3.93. The zero-order valence-electron chi connectivity index (χ0n) is 17.6. The minimum Gasteiger partial charge on any atom is -0.351 e. The van der Waals surface area contributed by atoms with Crippen LogP contribution in [0.5, 0.6) is 0 Å². The molecule has 156 valence electrons. The molecule has 2 aromatic carbocycles. The lowest BCUT2D eigenvalue weighted by Crippen LogP contribution is -2.49. The molecule has 4 aromatic rings. The van der Waals surface area contributed by atoms with E-state index in [2.05, 4.69) is 25.2 Å². The topological polar surface area (TPSA) is 80.0 Å². The van der Waals surface area contributed by atoms with Gasteiger partial charge in [0.15, 0.2) is 17.0 Å². The third-order valence-corrected chi connectivity index (χ3v) is 5.74. The van der Waals surface area contributed by atoms with E-state index < -0.39 is 0 Å². The monoisotopic (exact) mass is 413 g/mol. The van der Waals surface area contributed by atoms with Crippen LogP contribution in [0.2, 0.25) is 0 Å². The highest BCUT2D eigenvalue weighted by Gasteiger charge is 2.26. The number of fused-ring (bicyclic) bond motifs is 1. The van der Waals surface area contributed by atoms with E-state index in [4.69, 9.17) is 0 Å². The molecule has 0 unspecified atom stereocenters. The minimum absolute atomic E-state index is 0.0795. The molecule has 0 bridgehead atoms. The number of hydrogen-bond acceptors (Lipinski definition) is 6. The molecular formula is C23H23N7O. The van der Waals surface area contributed by atoms with Crippen LogP contribution in [0.25, 0.3) is 16.9 Å². The van der Waals surface area contributed by atoms with Crippen LogP contribution in [0.3, 0.4) is 0 Å². The SMILES string of the molecule is Cc1ccc(-n2nnc3c(N4CCN(C(=O)c5ccccc5C)CC4)ncnc32)cc1. The molecule has 0 N–H and O–H groups in total. The van der Waals surface area contributed by atoms with Gasteiger partial charge in [0, 0.05) is 31.7 Å². The number of aryl methyl sites for hydroxylation is 2. The van der Waals surface area contributed by atoms with Crippen molar-refractivity contribution in [1.29, 1.82) is 0 Å². The molecule has 1 aliphatic rings. The molecule has 3 heterocycles. The highest BCUT2D eigenvalue weighted by Crippen LogP contribution is 2.24. The summed E-state index contributed by atoms with van der Waals surface area (Å²) in [5, 5.41) is 8.69. The number of aromatic nitrogens is 5. The molecule has 2 aromatic heterocycles. The maximum Gasteiger partial charge on any atom is 0.254 e. The fraction of sp³-hybridized carbons (Fsp3) is 0.261. The third kappa shape index (κ3) is 3.50. The van der Waals surface area contributed by atoms with Crippen LogP contribution in [-0.2, 0) is 0 Å². The first-order chi connectivity index (χ1) is 15.1. The predicted molar refractivity (Wildman–Crippen MR) is 118 cm³/mol. The Hall–Kier alpha value is -3.81. The van der Waals surface area contributed by atoms with Crippen LogP contribution in [0.4, 0.5) is 5.82 Å². The first kappa shape index (κ1) is 19.2. The van der Waals surface area contributed by atoms with Gasteiger partial charge in [0.25, 0.3) is 5.91 Å². The average Bonchev–Trinajstić information content (AvgIpc) is 3.24. The number of amides is 1. The molecule has 1 amide bonds. The maximum absolute atomic E-state index is 12.9. The third-order valence-electron chi connectivity index (χ3n) is 5.74. The summed E-state index contributed by atoms with van der Waals surface area (Å²) < 4.78 is 1.73. The molecule has 1 aliphatic heterocycles. The molecule has 31 heavy (non-hydrogen) atoms. The molecule has 0 saturated carbocycles. The Bertz CT molecular complexity index is 1240.